The molecule has 0 bridgehead atoms. The number of hydrogen-bond acceptors (Lipinski definition) is 2. The molecule has 0 aliphatic heterocycles. The van der Waals surface area contributed by atoms with Gasteiger partial charge in [0.05, 0.1) is 5.60 Å². The number of aromatic nitrogens is 1. The molecule has 1 fully saturated rings. The van der Waals surface area contributed by atoms with E-state index in [0.717, 1.165) is 36.9 Å². The molecule has 1 aromatic heterocycles. The fraction of sp³-hybridized carbons (Fsp3) is 0.615. The Kier molecular flexibility index (Phi) is 2.79. The molecule has 0 radical (unpaired) electrons. The first-order valence-electron chi connectivity index (χ1n) is 5.78. The fourth-order valence-corrected chi connectivity index (χ4v) is 2.32. The van der Waals surface area contributed by atoms with Crippen LogP contribution in [0.4, 0.5) is 0 Å². The minimum Gasteiger partial charge on any atom is -0.385 e. The van der Waals surface area contributed by atoms with E-state index in [2.05, 4.69) is 18.0 Å². The first kappa shape index (κ1) is 10.6. The number of pyridine rings is 1. The van der Waals surface area contributed by atoms with Crippen molar-refractivity contribution >= 4 is 0 Å². The van der Waals surface area contributed by atoms with Crippen LogP contribution in [0.2, 0.25) is 0 Å². The molecule has 2 nitrogen and oxygen atoms in total. The molecule has 0 atom stereocenters. The number of nitrogens with zero attached hydrogens (tertiary/aromatic N) is 1. The van der Waals surface area contributed by atoms with Gasteiger partial charge in [-0.25, -0.2) is 0 Å². The Hall–Kier alpha value is -0.890. The van der Waals surface area contributed by atoms with Crippen LogP contribution in [-0.4, -0.2) is 10.1 Å². The maximum atomic E-state index is 10.5. The van der Waals surface area contributed by atoms with Gasteiger partial charge in [0, 0.05) is 17.5 Å². The van der Waals surface area contributed by atoms with Crippen LogP contribution in [0.1, 0.15) is 48.9 Å². The largest absolute Gasteiger partial charge is 0.385 e. The molecule has 0 spiro atoms. The molecule has 1 N–H and O–H groups in total. The zero-order valence-corrected chi connectivity index (χ0v) is 9.58. The normalized spacial score (nSPS) is 20.2. The Morgan fingerprint density at radius 1 is 1.20 bits per heavy atom. The second kappa shape index (κ2) is 3.93. The maximum Gasteiger partial charge on any atom is 0.0911 e. The van der Waals surface area contributed by atoms with E-state index in [4.69, 9.17) is 0 Å². The average molecular weight is 205 g/mol. The molecule has 1 aliphatic rings. The van der Waals surface area contributed by atoms with Crippen molar-refractivity contribution in [3.8, 4) is 0 Å². The summed E-state index contributed by atoms with van der Waals surface area (Å²) in [6.07, 6.45) is 7.12. The van der Waals surface area contributed by atoms with Gasteiger partial charge < -0.3 is 5.11 Å². The highest BCUT2D eigenvalue weighted by Crippen LogP contribution is 2.36. The number of hydrogen-bond donors (Lipinski definition) is 1. The highest BCUT2D eigenvalue weighted by atomic mass is 16.3. The molecule has 0 saturated heterocycles. The van der Waals surface area contributed by atoms with Gasteiger partial charge in [-0.3, -0.25) is 4.98 Å². The summed E-state index contributed by atoms with van der Waals surface area (Å²) < 4.78 is 0. The summed E-state index contributed by atoms with van der Waals surface area (Å²) in [6.45, 7) is 4.06. The summed E-state index contributed by atoms with van der Waals surface area (Å²) in [5.74, 6) is 0. The Bertz CT molecular complexity index is 354. The van der Waals surface area contributed by atoms with Gasteiger partial charge in [0.15, 0.2) is 0 Å². The van der Waals surface area contributed by atoms with Crippen molar-refractivity contribution in [1.29, 1.82) is 0 Å². The first-order chi connectivity index (χ1) is 7.12. The van der Waals surface area contributed by atoms with Gasteiger partial charge in [-0.2, -0.15) is 0 Å². The molecule has 0 aromatic carbocycles. The van der Waals surface area contributed by atoms with Crippen LogP contribution < -0.4 is 0 Å². The summed E-state index contributed by atoms with van der Waals surface area (Å²) in [5, 5.41) is 10.5. The third-order valence-electron chi connectivity index (χ3n) is 3.56. The van der Waals surface area contributed by atoms with Crippen LogP contribution in [0.3, 0.4) is 0 Å². The first-order valence-corrected chi connectivity index (χ1v) is 5.78. The van der Waals surface area contributed by atoms with Gasteiger partial charge in [0.2, 0.25) is 0 Å². The lowest BCUT2D eigenvalue weighted by molar-refractivity contribution is -0.000992. The van der Waals surface area contributed by atoms with E-state index >= 15 is 0 Å². The lowest BCUT2D eigenvalue weighted by Gasteiger charge is -2.32. The Balaban J connectivity index is 2.31. The molecule has 0 unspecified atom stereocenters. The van der Waals surface area contributed by atoms with Crippen LogP contribution in [-0.2, 0) is 5.60 Å². The lowest BCUT2D eigenvalue weighted by atomic mass is 9.80. The van der Waals surface area contributed by atoms with Gasteiger partial charge in [-0.1, -0.05) is 19.3 Å². The standard InChI is InChI=1S/C13H19NO/c1-10-8-12(9-14-11(10)2)13(15)6-4-3-5-7-13/h8-9,15H,3-7H2,1-2H3. The van der Waals surface area contributed by atoms with E-state index in [0.29, 0.717) is 0 Å². The molecule has 82 valence electrons. The van der Waals surface area contributed by atoms with Crippen molar-refractivity contribution in [2.24, 2.45) is 0 Å². The molecule has 1 saturated carbocycles. The highest BCUT2D eigenvalue weighted by molar-refractivity contribution is 5.27. The van der Waals surface area contributed by atoms with E-state index in [1.54, 1.807) is 0 Å². The smallest absolute Gasteiger partial charge is 0.0911 e. The third kappa shape index (κ3) is 2.05. The molecule has 1 heterocycles. The van der Waals surface area contributed by atoms with Crippen molar-refractivity contribution in [3.63, 3.8) is 0 Å². The topological polar surface area (TPSA) is 33.1 Å². The number of aryl methyl sites for hydroxylation is 2. The quantitative estimate of drug-likeness (QED) is 0.764. The van der Waals surface area contributed by atoms with E-state index in [1.165, 1.54) is 12.0 Å². The second-order valence-corrected chi connectivity index (χ2v) is 4.72. The molecular weight excluding hydrogens is 186 g/mol. The Morgan fingerprint density at radius 3 is 2.47 bits per heavy atom. The van der Waals surface area contributed by atoms with Gasteiger partial charge in [-0.05, 0) is 38.3 Å². The van der Waals surface area contributed by atoms with Crippen molar-refractivity contribution in [1.82, 2.24) is 4.98 Å². The summed E-state index contributed by atoms with van der Waals surface area (Å²) >= 11 is 0. The molecular formula is C13H19NO. The van der Waals surface area contributed by atoms with Crippen molar-refractivity contribution in [2.75, 3.05) is 0 Å². The van der Waals surface area contributed by atoms with Crippen LogP contribution in [0.5, 0.6) is 0 Å². The van der Waals surface area contributed by atoms with Crippen LogP contribution in [0.25, 0.3) is 0 Å². The summed E-state index contributed by atoms with van der Waals surface area (Å²) in [6, 6.07) is 2.09. The van der Waals surface area contributed by atoms with E-state index in [-0.39, 0.29) is 0 Å². The van der Waals surface area contributed by atoms with Gasteiger partial charge in [-0.15, -0.1) is 0 Å². The van der Waals surface area contributed by atoms with Gasteiger partial charge in [0.1, 0.15) is 0 Å². The van der Waals surface area contributed by atoms with Crippen LogP contribution in [0.15, 0.2) is 12.3 Å². The zero-order valence-electron chi connectivity index (χ0n) is 9.58. The van der Waals surface area contributed by atoms with Crippen molar-refractivity contribution in [2.45, 2.75) is 51.6 Å². The monoisotopic (exact) mass is 205 g/mol. The predicted molar refractivity (Wildman–Crippen MR) is 60.7 cm³/mol. The number of aliphatic hydroxyl groups is 1. The Labute approximate surface area is 91.4 Å². The van der Waals surface area contributed by atoms with Crippen molar-refractivity contribution in [3.05, 3.63) is 29.1 Å². The van der Waals surface area contributed by atoms with Crippen LogP contribution >= 0.6 is 0 Å². The predicted octanol–water partition coefficient (Wildman–Crippen LogP) is 2.85. The summed E-state index contributed by atoms with van der Waals surface area (Å²) in [5.41, 5.74) is 2.62. The van der Waals surface area contributed by atoms with E-state index in [1.807, 2.05) is 13.1 Å². The molecule has 1 aliphatic carbocycles. The summed E-state index contributed by atoms with van der Waals surface area (Å²) in [4.78, 5) is 4.34. The number of rotatable bonds is 1. The molecule has 0 amide bonds. The minimum absolute atomic E-state index is 0.607. The summed E-state index contributed by atoms with van der Waals surface area (Å²) in [7, 11) is 0. The third-order valence-corrected chi connectivity index (χ3v) is 3.56. The van der Waals surface area contributed by atoms with Gasteiger partial charge >= 0.3 is 0 Å². The lowest BCUT2D eigenvalue weighted by Crippen LogP contribution is -2.28. The Morgan fingerprint density at radius 2 is 1.87 bits per heavy atom. The van der Waals surface area contributed by atoms with Crippen LogP contribution in [0, 0.1) is 13.8 Å². The fourth-order valence-electron chi connectivity index (χ4n) is 2.32. The van der Waals surface area contributed by atoms with Crippen molar-refractivity contribution < 1.29 is 5.11 Å². The molecule has 2 heteroatoms. The molecule has 1 aromatic rings. The zero-order chi connectivity index (χ0) is 10.9. The average Bonchev–Trinajstić information content (AvgIpc) is 2.23. The van der Waals surface area contributed by atoms with E-state index < -0.39 is 5.60 Å². The molecule has 15 heavy (non-hydrogen) atoms. The maximum absolute atomic E-state index is 10.5. The SMILES string of the molecule is Cc1cc(C2(O)CCCCC2)cnc1C. The molecule has 2 rings (SSSR count). The van der Waals surface area contributed by atoms with E-state index in [9.17, 15) is 5.11 Å². The second-order valence-electron chi connectivity index (χ2n) is 4.72. The highest BCUT2D eigenvalue weighted by Gasteiger charge is 2.31. The minimum atomic E-state index is -0.607. The van der Waals surface area contributed by atoms with Gasteiger partial charge in [0.25, 0.3) is 0 Å².